The molecular weight excluding hydrogens is 222 g/mol. The molecule has 0 atom stereocenters. The lowest BCUT2D eigenvalue weighted by atomic mass is 10.1. The van der Waals surface area contributed by atoms with Crippen LogP contribution < -0.4 is 10.1 Å². The summed E-state index contributed by atoms with van der Waals surface area (Å²) in [6, 6.07) is 18.5. The van der Waals surface area contributed by atoms with Crippen LogP contribution in [0.1, 0.15) is 12.5 Å². The minimum Gasteiger partial charge on any atom is -0.492 e. The van der Waals surface area contributed by atoms with Crippen molar-refractivity contribution in [2.45, 2.75) is 13.3 Å². The quantitative estimate of drug-likeness (QED) is 0.831. The lowest BCUT2D eigenvalue weighted by molar-refractivity contribution is 0.341. The summed E-state index contributed by atoms with van der Waals surface area (Å²) in [5, 5.41) is 3.42. The van der Waals surface area contributed by atoms with Gasteiger partial charge in [0.1, 0.15) is 5.75 Å². The van der Waals surface area contributed by atoms with Crippen molar-refractivity contribution in [2.24, 2.45) is 0 Å². The molecule has 18 heavy (non-hydrogen) atoms. The highest BCUT2D eigenvalue weighted by Crippen LogP contribution is 2.23. The van der Waals surface area contributed by atoms with Crippen molar-refractivity contribution in [3.05, 3.63) is 60.2 Å². The fourth-order valence-electron chi connectivity index (χ4n) is 1.88. The molecule has 0 saturated heterocycles. The predicted molar refractivity (Wildman–Crippen MR) is 76.2 cm³/mol. The summed E-state index contributed by atoms with van der Waals surface area (Å²) in [5.41, 5.74) is 2.41. The Kier molecular flexibility index (Phi) is 4.65. The van der Waals surface area contributed by atoms with E-state index < -0.39 is 0 Å². The van der Waals surface area contributed by atoms with Gasteiger partial charge in [0.15, 0.2) is 0 Å². The summed E-state index contributed by atoms with van der Waals surface area (Å²) in [7, 11) is 0. The maximum Gasteiger partial charge on any atom is 0.142 e. The van der Waals surface area contributed by atoms with E-state index >= 15 is 0 Å². The van der Waals surface area contributed by atoms with Crippen molar-refractivity contribution in [3.63, 3.8) is 0 Å². The van der Waals surface area contributed by atoms with Crippen molar-refractivity contribution < 1.29 is 4.74 Å². The van der Waals surface area contributed by atoms with Crippen LogP contribution in [0, 0.1) is 0 Å². The number of anilines is 1. The van der Waals surface area contributed by atoms with Crippen LogP contribution in [-0.4, -0.2) is 13.2 Å². The third-order valence-electron chi connectivity index (χ3n) is 2.76. The predicted octanol–water partition coefficient (Wildman–Crippen LogP) is 3.74. The normalized spacial score (nSPS) is 10.1. The molecule has 0 aliphatic rings. The highest BCUT2D eigenvalue weighted by Gasteiger charge is 2.00. The van der Waals surface area contributed by atoms with E-state index in [2.05, 4.69) is 35.6 Å². The molecule has 0 saturated carbocycles. The first kappa shape index (κ1) is 12.5. The third kappa shape index (κ3) is 3.52. The summed E-state index contributed by atoms with van der Waals surface area (Å²) in [6.07, 6.45) is 1.02. The van der Waals surface area contributed by atoms with Gasteiger partial charge in [-0.1, -0.05) is 42.5 Å². The molecule has 0 aliphatic heterocycles. The molecule has 2 aromatic carbocycles. The van der Waals surface area contributed by atoms with Crippen molar-refractivity contribution in [3.8, 4) is 5.75 Å². The standard InChI is InChI=1S/C16H19NO/c1-2-18-16-11-7-6-10-15(16)17-13-12-14-8-4-3-5-9-14/h3-11,17H,2,12-13H2,1H3. The Morgan fingerprint density at radius 3 is 2.44 bits per heavy atom. The van der Waals surface area contributed by atoms with E-state index in [0.29, 0.717) is 6.61 Å². The van der Waals surface area contributed by atoms with Gasteiger partial charge in [0.05, 0.1) is 12.3 Å². The van der Waals surface area contributed by atoms with Crippen LogP contribution in [0.5, 0.6) is 5.75 Å². The van der Waals surface area contributed by atoms with Gasteiger partial charge >= 0.3 is 0 Å². The Morgan fingerprint density at radius 1 is 0.944 bits per heavy atom. The molecule has 2 rings (SSSR count). The van der Waals surface area contributed by atoms with Crippen molar-refractivity contribution >= 4 is 5.69 Å². The van der Waals surface area contributed by atoms with Gasteiger partial charge in [0, 0.05) is 6.54 Å². The van der Waals surface area contributed by atoms with E-state index in [4.69, 9.17) is 4.74 Å². The Bertz CT molecular complexity index is 468. The van der Waals surface area contributed by atoms with E-state index in [0.717, 1.165) is 24.4 Å². The minimum absolute atomic E-state index is 0.692. The van der Waals surface area contributed by atoms with Crippen LogP contribution in [0.4, 0.5) is 5.69 Å². The summed E-state index contributed by atoms with van der Waals surface area (Å²) in [4.78, 5) is 0. The highest BCUT2D eigenvalue weighted by molar-refractivity contribution is 5.56. The lowest BCUT2D eigenvalue weighted by Gasteiger charge is -2.12. The number of hydrogen-bond donors (Lipinski definition) is 1. The highest BCUT2D eigenvalue weighted by atomic mass is 16.5. The molecule has 0 spiro atoms. The average Bonchev–Trinajstić information content (AvgIpc) is 2.42. The van der Waals surface area contributed by atoms with E-state index in [1.807, 2.05) is 31.2 Å². The summed E-state index contributed by atoms with van der Waals surface area (Å²) >= 11 is 0. The molecule has 0 radical (unpaired) electrons. The number of ether oxygens (including phenoxy) is 1. The summed E-state index contributed by atoms with van der Waals surface area (Å²) in [5.74, 6) is 0.924. The molecule has 0 amide bonds. The average molecular weight is 241 g/mol. The van der Waals surface area contributed by atoms with Gasteiger partial charge in [-0.15, -0.1) is 0 Å². The molecule has 94 valence electrons. The van der Waals surface area contributed by atoms with Crippen LogP contribution in [-0.2, 0) is 6.42 Å². The van der Waals surface area contributed by atoms with Gasteiger partial charge in [-0.2, -0.15) is 0 Å². The van der Waals surface area contributed by atoms with Gasteiger partial charge in [-0.05, 0) is 31.0 Å². The van der Waals surface area contributed by atoms with Gasteiger partial charge in [0.25, 0.3) is 0 Å². The maximum absolute atomic E-state index is 5.58. The van der Waals surface area contributed by atoms with E-state index in [1.165, 1.54) is 5.56 Å². The molecular formula is C16H19NO. The number of nitrogens with one attached hydrogen (secondary N) is 1. The van der Waals surface area contributed by atoms with Crippen LogP contribution in [0.25, 0.3) is 0 Å². The molecule has 2 nitrogen and oxygen atoms in total. The molecule has 0 heterocycles. The molecule has 1 N–H and O–H groups in total. The zero-order chi connectivity index (χ0) is 12.6. The Labute approximate surface area is 109 Å². The third-order valence-corrected chi connectivity index (χ3v) is 2.76. The molecule has 0 unspecified atom stereocenters. The van der Waals surface area contributed by atoms with Gasteiger partial charge in [0.2, 0.25) is 0 Å². The first-order valence-electron chi connectivity index (χ1n) is 6.40. The molecule has 2 aromatic rings. The second-order valence-electron chi connectivity index (χ2n) is 4.09. The van der Waals surface area contributed by atoms with Gasteiger partial charge in [-0.3, -0.25) is 0 Å². The fourth-order valence-corrected chi connectivity index (χ4v) is 1.88. The molecule has 0 bridgehead atoms. The number of hydrogen-bond acceptors (Lipinski definition) is 2. The fraction of sp³-hybridized carbons (Fsp3) is 0.250. The van der Waals surface area contributed by atoms with Crippen molar-refractivity contribution in [2.75, 3.05) is 18.5 Å². The monoisotopic (exact) mass is 241 g/mol. The summed E-state index contributed by atoms with van der Waals surface area (Å²) in [6.45, 7) is 3.60. The molecule has 0 aromatic heterocycles. The van der Waals surface area contributed by atoms with Crippen LogP contribution in [0.2, 0.25) is 0 Å². The lowest BCUT2D eigenvalue weighted by Crippen LogP contribution is -2.06. The second kappa shape index (κ2) is 6.70. The number of para-hydroxylation sites is 2. The summed E-state index contributed by atoms with van der Waals surface area (Å²) < 4.78 is 5.58. The first-order valence-corrected chi connectivity index (χ1v) is 6.40. The van der Waals surface area contributed by atoms with Gasteiger partial charge < -0.3 is 10.1 Å². The van der Waals surface area contributed by atoms with Crippen LogP contribution >= 0.6 is 0 Å². The molecule has 0 fully saturated rings. The van der Waals surface area contributed by atoms with E-state index in [9.17, 15) is 0 Å². The van der Waals surface area contributed by atoms with Gasteiger partial charge in [-0.25, -0.2) is 0 Å². The largest absolute Gasteiger partial charge is 0.492 e. The number of benzene rings is 2. The Balaban J connectivity index is 1.90. The maximum atomic E-state index is 5.58. The van der Waals surface area contributed by atoms with Crippen molar-refractivity contribution in [1.82, 2.24) is 0 Å². The van der Waals surface area contributed by atoms with Crippen LogP contribution in [0.3, 0.4) is 0 Å². The smallest absolute Gasteiger partial charge is 0.142 e. The SMILES string of the molecule is CCOc1ccccc1NCCc1ccccc1. The Morgan fingerprint density at radius 2 is 1.67 bits per heavy atom. The zero-order valence-corrected chi connectivity index (χ0v) is 10.7. The Hall–Kier alpha value is -1.96. The topological polar surface area (TPSA) is 21.3 Å². The second-order valence-corrected chi connectivity index (χ2v) is 4.09. The minimum atomic E-state index is 0.692. The zero-order valence-electron chi connectivity index (χ0n) is 10.7. The van der Waals surface area contributed by atoms with E-state index in [1.54, 1.807) is 0 Å². The molecule has 2 heteroatoms. The van der Waals surface area contributed by atoms with Crippen molar-refractivity contribution in [1.29, 1.82) is 0 Å². The first-order chi connectivity index (χ1) is 8.90. The van der Waals surface area contributed by atoms with Crippen LogP contribution in [0.15, 0.2) is 54.6 Å². The van der Waals surface area contributed by atoms with E-state index in [-0.39, 0.29) is 0 Å². The molecule has 0 aliphatic carbocycles. The number of rotatable bonds is 6.